The van der Waals surface area contributed by atoms with Gasteiger partial charge in [0.25, 0.3) is 5.91 Å². The molecule has 3 heterocycles. The molecule has 2 aliphatic heterocycles. The van der Waals surface area contributed by atoms with E-state index in [1.54, 1.807) is 6.20 Å². The van der Waals surface area contributed by atoms with Crippen molar-refractivity contribution in [2.24, 2.45) is 0 Å². The van der Waals surface area contributed by atoms with Crippen molar-refractivity contribution in [2.75, 3.05) is 31.5 Å². The van der Waals surface area contributed by atoms with Crippen molar-refractivity contribution < 1.29 is 4.79 Å². The molecule has 5 heteroatoms. The number of hydrogen-bond donors (Lipinski definition) is 1. The van der Waals surface area contributed by atoms with Crippen LogP contribution in [-0.2, 0) is 0 Å². The predicted octanol–water partition coefficient (Wildman–Crippen LogP) is 1.82. The number of amides is 1. The maximum Gasteiger partial charge on any atom is 0.257 e. The molecule has 0 radical (unpaired) electrons. The van der Waals surface area contributed by atoms with Crippen LogP contribution < -0.4 is 5.32 Å². The Bertz CT molecular complexity index is 519. The van der Waals surface area contributed by atoms with E-state index >= 15 is 0 Å². The predicted molar refractivity (Wildman–Crippen MR) is 83.5 cm³/mol. The van der Waals surface area contributed by atoms with E-state index in [1.165, 1.54) is 19.4 Å². The van der Waals surface area contributed by atoms with Crippen molar-refractivity contribution in [3.8, 4) is 0 Å². The molecular formula is C16H24N4O. The third kappa shape index (κ3) is 2.75. The second kappa shape index (κ2) is 6.02. The van der Waals surface area contributed by atoms with Gasteiger partial charge in [-0.1, -0.05) is 0 Å². The van der Waals surface area contributed by atoms with E-state index < -0.39 is 0 Å². The Morgan fingerprint density at radius 1 is 1.48 bits per heavy atom. The number of piperazine rings is 1. The molecule has 1 amide bonds. The van der Waals surface area contributed by atoms with Gasteiger partial charge in [0.05, 0.1) is 5.56 Å². The lowest BCUT2D eigenvalue weighted by molar-refractivity contribution is 0.0396. The van der Waals surface area contributed by atoms with Gasteiger partial charge in [-0.2, -0.15) is 0 Å². The highest BCUT2D eigenvalue weighted by atomic mass is 16.2. The van der Waals surface area contributed by atoms with Crippen LogP contribution in [0, 0.1) is 0 Å². The lowest BCUT2D eigenvalue weighted by Crippen LogP contribution is -2.56. The van der Waals surface area contributed by atoms with Gasteiger partial charge in [0, 0.05) is 37.9 Å². The van der Waals surface area contributed by atoms with E-state index in [-0.39, 0.29) is 11.9 Å². The quantitative estimate of drug-likeness (QED) is 0.922. The lowest BCUT2D eigenvalue weighted by atomic mass is 10.1. The highest BCUT2D eigenvalue weighted by Crippen LogP contribution is 2.26. The third-order valence-corrected chi connectivity index (χ3v) is 4.58. The highest BCUT2D eigenvalue weighted by Gasteiger charge is 2.37. The summed E-state index contributed by atoms with van der Waals surface area (Å²) >= 11 is 0. The molecule has 0 bridgehead atoms. The molecule has 3 rings (SSSR count). The minimum absolute atomic E-state index is 0.109. The van der Waals surface area contributed by atoms with Crippen LogP contribution in [0.2, 0.25) is 0 Å². The second-order valence-electron chi connectivity index (χ2n) is 6.03. The first kappa shape index (κ1) is 14.3. The van der Waals surface area contributed by atoms with E-state index in [9.17, 15) is 4.79 Å². The summed E-state index contributed by atoms with van der Waals surface area (Å²) in [5.74, 6) is 0.809. The molecule has 1 aromatic heterocycles. The number of aromatic nitrogens is 1. The molecule has 0 aromatic carbocycles. The molecule has 2 unspecified atom stereocenters. The highest BCUT2D eigenvalue weighted by molar-refractivity contribution is 5.99. The maximum absolute atomic E-state index is 12.9. The van der Waals surface area contributed by atoms with E-state index in [2.05, 4.69) is 22.1 Å². The fourth-order valence-electron chi connectivity index (χ4n) is 3.51. The summed E-state index contributed by atoms with van der Waals surface area (Å²) in [6, 6.07) is 4.52. The third-order valence-electron chi connectivity index (χ3n) is 4.58. The minimum Gasteiger partial charge on any atom is -0.370 e. The van der Waals surface area contributed by atoms with E-state index in [4.69, 9.17) is 0 Å². The number of pyridine rings is 1. The summed E-state index contributed by atoms with van der Waals surface area (Å²) in [6.07, 6.45) is 4.20. The first-order valence-corrected chi connectivity index (χ1v) is 7.94. The first-order valence-electron chi connectivity index (χ1n) is 7.94. The molecule has 2 fully saturated rings. The molecule has 0 spiro atoms. The number of hydrogen-bond acceptors (Lipinski definition) is 4. The number of carbonyl (C=O) groups is 1. The maximum atomic E-state index is 12.9. The van der Waals surface area contributed by atoms with Gasteiger partial charge in [-0.3, -0.25) is 9.69 Å². The van der Waals surface area contributed by atoms with Crippen LogP contribution in [0.1, 0.15) is 37.0 Å². The zero-order chi connectivity index (χ0) is 14.8. The molecular weight excluding hydrogens is 264 g/mol. The molecule has 0 aliphatic carbocycles. The monoisotopic (exact) mass is 288 g/mol. The fourth-order valence-corrected chi connectivity index (χ4v) is 3.51. The average Bonchev–Trinajstić information content (AvgIpc) is 2.94. The van der Waals surface area contributed by atoms with Gasteiger partial charge in [-0.25, -0.2) is 4.98 Å². The Morgan fingerprint density at radius 2 is 2.33 bits per heavy atom. The topological polar surface area (TPSA) is 48.5 Å². The van der Waals surface area contributed by atoms with Gasteiger partial charge in [0.2, 0.25) is 0 Å². The second-order valence-corrected chi connectivity index (χ2v) is 6.03. The summed E-state index contributed by atoms with van der Waals surface area (Å²) in [5.41, 5.74) is 0.692. The van der Waals surface area contributed by atoms with Gasteiger partial charge in [0.1, 0.15) is 5.82 Å². The fraction of sp³-hybridized carbons (Fsp3) is 0.625. The number of nitrogens with zero attached hydrogens (tertiary/aromatic N) is 3. The molecule has 21 heavy (non-hydrogen) atoms. The summed E-state index contributed by atoms with van der Waals surface area (Å²) in [6.45, 7) is 7.96. The SMILES string of the molecule is CCNc1ncccc1C(=O)N1CC2CCCN2CC1C. The first-order chi connectivity index (χ1) is 10.2. The van der Waals surface area contributed by atoms with Crippen molar-refractivity contribution in [1.82, 2.24) is 14.8 Å². The zero-order valence-corrected chi connectivity index (χ0v) is 12.9. The Balaban J connectivity index is 1.81. The molecule has 5 nitrogen and oxygen atoms in total. The van der Waals surface area contributed by atoms with Crippen molar-refractivity contribution in [3.05, 3.63) is 23.9 Å². The number of nitrogens with one attached hydrogen (secondary N) is 1. The Hall–Kier alpha value is -1.62. The van der Waals surface area contributed by atoms with Crippen molar-refractivity contribution in [2.45, 2.75) is 38.8 Å². The number of rotatable bonds is 3. The Morgan fingerprint density at radius 3 is 3.14 bits per heavy atom. The molecule has 1 aromatic rings. The molecule has 2 saturated heterocycles. The van der Waals surface area contributed by atoms with Gasteiger partial charge in [0.15, 0.2) is 0 Å². The molecule has 114 valence electrons. The number of fused-ring (bicyclic) bond motifs is 1. The average molecular weight is 288 g/mol. The zero-order valence-electron chi connectivity index (χ0n) is 12.9. The van der Waals surface area contributed by atoms with Crippen molar-refractivity contribution in [1.29, 1.82) is 0 Å². The van der Waals surface area contributed by atoms with Crippen molar-refractivity contribution >= 4 is 11.7 Å². The number of carbonyl (C=O) groups excluding carboxylic acids is 1. The van der Waals surface area contributed by atoms with E-state index in [0.717, 1.165) is 19.6 Å². The van der Waals surface area contributed by atoms with Crippen LogP contribution in [0.25, 0.3) is 0 Å². The molecule has 1 N–H and O–H groups in total. The van der Waals surface area contributed by atoms with Crippen LogP contribution in [0.4, 0.5) is 5.82 Å². The Kier molecular flexibility index (Phi) is 4.10. The summed E-state index contributed by atoms with van der Waals surface area (Å²) in [4.78, 5) is 21.8. The van der Waals surface area contributed by atoms with Gasteiger partial charge < -0.3 is 10.2 Å². The largest absolute Gasteiger partial charge is 0.370 e. The summed E-state index contributed by atoms with van der Waals surface area (Å²) in [7, 11) is 0. The molecule has 2 aliphatic rings. The summed E-state index contributed by atoms with van der Waals surface area (Å²) in [5, 5.41) is 3.19. The molecule has 0 saturated carbocycles. The Labute approximate surface area is 126 Å². The lowest BCUT2D eigenvalue weighted by Gasteiger charge is -2.42. The standard InChI is InChI=1S/C16H24N4O/c1-3-17-15-14(7-4-8-18-15)16(21)20-11-13-6-5-9-19(13)10-12(20)2/h4,7-8,12-13H,3,5-6,9-11H2,1-2H3,(H,17,18). The van der Waals surface area contributed by atoms with Crippen molar-refractivity contribution in [3.63, 3.8) is 0 Å². The van der Waals surface area contributed by atoms with Crippen LogP contribution in [0.5, 0.6) is 0 Å². The normalized spacial score (nSPS) is 25.7. The smallest absolute Gasteiger partial charge is 0.257 e. The minimum atomic E-state index is 0.109. The summed E-state index contributed by atoms with van der Waals surface area (Å²) < 4.78 is 0. The van der Waals surface area contributed by atoms with Crippen LogP contribution in [0.3, 0.4) is 0 Å². The van der Waals surface area contributed by atoms with E-state index in [1.807, 2.05) is 24.0 Å². The van der Waals surface area contributed by atoms with Gasteiger partial charge >= 0.3 is 0 Å². The van der Waals surface area contributed by atoms with Crippen LogP contribution in [-0.4, -0.2) is 59.0 Å². The van der Waals surface area contributed by atoms with E-state index in [0.29, 0.717) is 17.4 Å². The number of anilines is 1. The molecule has 2 atom stereocenters. The van der Waals surface area contributed by atoms with Gasteiger partial charge in [-0.05, 0) is 45.4 Å². The van der Waals surface area contributed by atoms with Crippen LogP contribution >= 0.6 is 0 Å². The van der Waals surface area contributed by atoms with Crippen LogP contribution in [0.15, 0.2) is 18.3 Å². The van der Waals surface area contributed by atoms with Gasteiger partial charge in [-0.15, -0.1) is 0 Å².